The van der Waals surface area contributed by atoms with E-state index in [-0.39, 0.29) is 5.78 Å². The first-order chi connectivity index (χ1) is 11.6. The molecule has 2 aromatic carbocycles. The Kier molecular flexibility index (Phi) is 4.10. The van der Waals surface area contributed by atoms with Gasteiger partial charge in [-0.25, -0.2) is 0 Å². The van der Waals surface area contributed by atoms with E-state index < -0.39 is 5.41 Å². The highest BCUT2D eigenvalue weighted by Crippen LogP contribution is 2.31. The number of carbonyl (C=O) groups excluding carboxylic acids is 1. The third kappa shape index (κ3) is 3.98. The van der Waals surface area contributed by atoms with Gasteiger partial charge in [0.05, 0.1) is 2.74 Å². The summed E-state index contributed by atoms with van der Waals surface area (Å²) >= 11 is 0. The molecule has 2 aromatic rings. The van der Waals surface area contributed by atoms with Gasteiger partial charge in [-0.15, -0.1) is 0 Å². The fourth-order valence-corrected chi connectivity index (χ4v) is 2.67. The van der Waals surface area contributed by atoms with Crippen molar-refractivity contribution in [3.8, 4) is 0 Å². The molecule has 2 rings (SSSR count). The second-order valence-electron chi connectivity index (χ2n) is 7.04. The van der Waals surface area contributed by atoms with Crippen LogP contribution in [0, 0.1) is 26.2 Å². The van der Waals surface area contributed by atoms with E-state index in [0.717, 1.165) is 27.8 Å². The van der Waals surface area contributed by atoms with Crippen LogP contribution in [0.15, 0.2) is 48.5 Å². The minimum atomic E-state index is -0.486. The van der Waals surface area contributed by atoms with Gasteiger partial charge in [-0.3, -0.25) is 4.79 Å². The molecular formula is C22H26O. The lowest BCUT2D eigenvalue weighted by Gasteiger charge is -2.19. The number of allylic oxidation sites excluding steroid dienone is 1. The first-order valence-corrected chi connectivity index (χ1v) is 7.94. The molecule has 120 valence electrons. The maximum Gasteiger partial charge on any atom is 0.161 e. The molecule has 0 saturated heterocycles. The van der Waals surface area contributed by atoms with E-state index in [1.54, 1.807) is 13.0 Å². The van der Waals surface area contributed by atoms with Crippen LogP contribution in [-0.2, 0) is 4.79 Å². The average Bonchev–Trinajstić information content (AvgIpc) is 2.57. The fourth-order valence-electron chi connectivity index (χ4n) is 2.67. The van der Waals surface area contributed by atoms with Gasteiger partial charge in [-0.1, -0.05) is 68.8 Å². The van der Waals surface area contributed by atoms with Gasteiger partial charge >= 0.3 is 0 Å². The predicted octanol–water partition coefficient (Wildman–Crippen LogP) is 5.66. The molecule has 23 heavy (non-hydrogen) atoms. The molecule has 0 fully saturated rings. The van der Waals surface area contributed by atoms with Crippen LogP contribution in [0.3, 0.4) is 0 Å². The van der Waals surface area contributed by atoms with Crippen LogP contribution >= 0.6 is 0 Å². The lowest BCUT2D eigenvalue weighted by Crippen LogP contribution is -2.18. The van der Waals surface area contributed by atoms with E-state index in [9.17, 15) is 4.79 Å². The van der Waals surface area contributed by atoms with Crippen molar-refractivity contribution in [3.63, 3.8) is 0 Å². The summed E-state index contributed by atoms with van der Waals surface area (Å²) in [5.74, 6) is 0.0313. The van der Waals surface area contributed by atoms with Crippen LogP contribution in [0.4, 0.5) is 0 Å². The Labute approximate surface area is 142 Å². The molecule has 0 aliphatic heterocycles. The van der Waals surface area contributed by atoms with Crippen LogP contribution in [0.25, 0.3) is 5.57 Å². The summed E-state index contributed by atoms with van der Waals surface area (Å²) in [4.78, 5) is 12.7. The number of carbonyl (C=O) groups is 1. The first kappa shape index (κ1) is 14.4. The zero-order valence-corrected chi connectivity index (χ0v) is 14.9. The normalized spacial score (nSPS) is 13.6. The fraction of sp³-hybridized carbons (Fsp3) is 0.318. The van der Waals surface area contributed by atoms with E-state index in [1.165, 1.54) is 0 Å². The van der Waals surface area contributed by atoms with E-state index >= 15 is 0 Å². The van der Waals surface area contributed by atoms with Crippen molar-refractivity contribution in [2.24, 2.45) is 5.41 Å². The smallest absolute Gasteiger partial charge is 0.161 e. The molecule has 1 heteroatoms. The van der Waals surface area contributed by atoms with Gasteiger partial charge in [0.1, 0.15) is 0 Å². The summed E-state index contributed by atoms with van der Waals surface area (Å²) in [6.07, 6.45) is 1.68. The second kappa shape index (κ2) is 6.54. The Morgan fingerprint density at radius 1 is 1.00 bits per heavy atom. The largest absolute Gasteiger partial charge is 0.294 e. The van der Waals surface area contributed by atoms with Crippen molar-refractivity contribution in [3.05, 3.63) is 76.3 Å². The third-order valence-corrected chi connectivity index (χ3v) is 3.87. The summed E-state index contributed by atoms with van der Waals surface area (Å²) in [5.41, 5.74) is 4.34. The third-order valence-electron chi connectivity index (χ3n) is 3.87. The van der Waals surface area contributed by atoms with Gasteiger partial charge in [0, 0.05) is 5.41 Å². The molecular weight excluding hydrogens is 280 g/mol. The van der Waals surface area contributed by atoms with Crippen LogP contribution in [0.1, 0.15) is 51.3 Å². The summed E-state index contributed by atoms with van der Waals surface area (Å²) in [7, 11) is 0. The highest BCUT2D eigenvalue weighted by Gasteiger charge is 2.21. The lowest BCUT2D eigenvalue weighted by molar-refractivity contribution is -0.121. The van der Waals surface area contributed by atoms with Gasteiger partial charge in [0.25, 0.3) is 0 Å². The van der Waals surface area contributed by atoms with E-state index in [4.69, 9.17) is 2.74 Å². The molecule has 0 radical (unpaired) electrons. The average molecular weight is 308 g/mol. The molecule has 0 amide bonds. The molecule has 0 N–H and O–H groups in total. The molecule has 0 spiro atoms. The Morgan fingerprint density at radius 3 is 2.00 bits per heavy atom. The molecule has 0 aliphatic rings. The molecule has 0 bridgehead atoms. The minimum absolute atomic E-state index is 0.0313. The molecule has 0 heterocycles. The Balaban J connectivity index is 2.84. The summed E-state index contributed by atoms with van der Waals surface area (Å²) < 4.78 is 16.7. The van der Waals surface area contributed by atoms with Crippen molar-refractivity contribution in [2.45, 2.75) is 41.5 Å². The zero-order chi connectivity index (χ0) is 18.9. The number of hydrogen-bond acceptors (Lipinski definition) is 1. The number of ketones is 1. The highest BCUT2D eigenvalue weighted by atomic mass is 16.1. The Hall–Kier alpha value is -2.15. The molecule has 0 aliphatic carbocycles. The SMILES string of the molecule is [2H]c1c(C)c([2H])c(C)c(/C(=C\C(=O)C(C)(C)C)c2ccccc2)c1C. The number of rotatable bonds is 3. The number of hydrogen-bond donors (Lipinski definition) is 0. The van der Waals surface area contributed by atoms with Crippen molar-refractivity contribution < 1.29 is 7.54 Å². The Morgan fingerprint density at radius 2 is 1.52 bits per heavy atom. The summed E-state index contributed by atoms with van der Waals surface area (Å²) in [5, 5.41) is 0. The van der Waals surface area contributed by atoms with Crippen molar-refractivity contribution >= 4 is 11.4 Å². The van der Waals surface area contributed by atoms with E-state index in [0.29, 0.717) is 17.6 Å². The van der Waals surface area contributed by atoms with Gasteiger partial charge in [-0.05, 0) is 54.7 Å². The minimum Gasteiger partial charge on any atom is -0.294 e. The summed E-state index contributed by atoms with van der Waals surface area (Å²) in [6.45, 7) is 11.3. The standard InChI is InChI=1S/C22H26O/c1-15-12-16(2)21(17(3)13-15)19(14-20(23)22(4,5)6)18-10-8-7-9-11-18/h7-14H,1-6H3/b19-14-/i12D,13D. The van der Waals surface area contributed by atoms with Crippen LogP contribution in [0.5, 0.6) is 0 Å². The van der Waals surface area contributed by atoms with Crippen molar-refractivity contribution in [1.29, 1.82) is 0 Å². The monoisotopic (exact) mass is 308 g/mol. The number of benzene rings is 2. The first-order valence-electron chi connectivity index (χ1n) is 8.94. The predicted molar refractivity (Wildman–Crippen MR) is 98.6 cm³/mol. The van der Waals surface area contributed by atoms with Gasteiger partial charge in [0.15, 0.2) is 5.78 Å². The van der Waals surface area contributed by atoms with E-state index in [1.807, 2.05) is 65.0 Å². The Bertz CT molecular complexity index is 812. The van der Waals surface area contributed by atoms with Crippen LogP contribution in [-0.4, -0.2) is 5.78 Å². The van der Waals surface area contributed by atoms with Crippen molar-refractivity contribution in [2.75, 3.05) is 0 Å². The van der Waals surface area contributed by atoms with E-state index in [2.05, 4.69) is 0 Å². The van der Waals surface area contributed by atoms with Gasteiger partial charge < -0.3 is 0 Å². The maximum atomic E-state index is 12.7. The quantitative estimate of drug-likeness (QED) is 0.669. The topological polar surface area (TPSA) is 17.1 Å². The van der Waals surface area contributed by atoms with Crippen LogP contribution in [0.2, 0.25) is 0 Å². The van der Waals surface area contributed by atoms with Gasteiger partial charge in [-0.2, -0.15) is 0 Å². The molecule has 0 atom stereocenters. The summed E-state index contributed by atoms with van der Waals surface area (Å²) in [6, 6.07) is 10.5. The lowest BCUT2D eigenvalue weighted by atomic mass is 9.84. The molecule has 0 aromatic heterocycles. The molecule has 0 saturated carbocycles. The highest BCUT2D eigenvalue weighted by molar-refractivity contribution is 6.03. The van der Waals surface area contributed by atoms with Gasteiger partial charge in [0.2, 0.25) is 0 Å². The van der Waals surface area contributed by atoms with Crippen LogP contribution < -0.4 is 0 Å². The zero-order valence-electron chi connectivity index (χ0n) is 16.9. The second-order valence-corrected chi connectivity index (χ2v) is 7.04. The molecule has 0 unspecified atom stereocenters. The maximum absolute atomic E-state index is 12.7. The molecule has 1 nitrogen and oxygen atoms in total. The van der Waals surface area contributed by atoms with Crippen molar-refractivity contribution in [1.82, 2.24) is 0 Å².